The molecule has 0 saturated heterocycles. The molecule has 1 N–H and O–H groups in total. The normalized spacial score (nSPS) is 12.1. The fourth-order valence-electron chi connectivity index (χ4n) is 1.67. The molecule has 2 heteroatoms. The Kier molecular flexibility index (Phi) is 4.86. The molecule has 0 aliphatic rings. The van der Waals surface area contributed by atoms with Crippen molar-refractivity contribution in [1.29, 1.82) is 0 Å². The maximum absolute atomic E-state index is 5.29. The molecule has 2 nitrogen and oxygen atoms in total. The van der Waals surface area contributed by atoms with Crippen LogP contribution in [0.25, 0.3) is 0 Å². The van der Waals surface area contributed by atoms with Gasteiger partial charge in [0.25, 0.3) is 0 Å². The summed E-state index contributed by atoms with van der Waals surface area (Å²) in [6.07, 6.45) is 8.86. The van der Waals surface area contributed by atoms with Gasteiger partial charge in [0.05, 0.1) is 11.7 Å². The van der Waals surface area contributed by atoms with Crippen molar-refractivity contribution >= 4 is 0 Å². The van der Waals surface area contributed by atoms with E-state index in [2.05, 4.69) is 36.1 Å². The van der Waals surface area contributed by atoms with E-state index in [9.17, 15) is 0 Å². The molecule has 0 fully saturated rings. The monoisotopic (exact) mass is 202 g/mol. The highest BCUT2D eigenvalue weighted by molar-refractivity contribution is 5.21. The lowest BCUT2D eigenvalue weighted by Gasteiger charge is -2.17. The van der Waals surface area contributed by atoms with Gasteiger partial charge in [-0.25, -0.2) is 0 Å². The molecule has 1 aromatic heterocycles. The summed E-state index contributed by atoms with van der Waals surface area (Å²) in [5, 5.41) is 3.42. The number of nitrogens with zero attached hydrogens (tertiary/aromatic N) is 1. The Balaban J connectivity index is 2.79. The van der Waals surface area contributed by atoms with Crippen LogP contribution < -0.4 is 5.32 Å². The summed E-state index contributed by atoms with van der Waals surface area (Å²) in [4.78, 5) is 4.42. The quantitative estimate of drug-likeness (QED) is 0.742. The second-order valence-corrected chi connectivity index (χ2v) is 3.56. The minimum absolute atomic E-state index is 0.284. The fourth-order valence-corrected chi connectivity index (χ4v) is 1.67. The Morgan fingerprint density at radius 1 is 1.60 bits per heavy atom. The molecule has 1 heterocycles. The summed E-state index contributed by atoms with van der Waals surface area (Å²) < 4.78 is 0. The van der Waals surface area contributed by atoms with Crippen LogP contribution in [-0.2, 0) is 0 Å². The van der Waals surface area contributed by atoms with Crippen LogP contribution in [0.1, 0.15) is 37.1 Å². The third kappa shape index (κ3) is 3.38. The standard InChI is InChI=1S/C13H18N2/c1-4-6-9-12(14-5-2)13-11(3)8-7-10-15-13/h1,7-8,10,12,14H,5-6,9H2,2-3H3. The zero-order chi connectivity index (χ0) is 11.1. The summed E-state index contributed by atoms with van der Waals surface area (Å²) in [5.74, 6) is 2.68. The van der Waals surface area contributed by atoms with Gasteiger partial charge in [-0.3, -0.25) is 4.98 Å². The fraction of sp³-hybridized carbons (Fsp3) is 0.462. The second kappa shape index (κ2) is 6.21. The van der Waals surface area contributed by atoms with Gasteiger partial charge in [-0.2, -0.15) is 0 Å². The maximum Gasteiger partial charge on any atom is 0.0602 e. The van der Waals surface area contributed by atoms with E-state index in [1.807, 2.05) is 12.3 Å². The molecular weight excluding hydrogens is 184 g/mol. The van der Waals surface area contributed by atoms with Crippen molar-refractivity contribution in [1.82, 2.24) is 10.3 Å². The molecule has 0 aliphatic carbocycles. The number of hydrogen-bond acceptors (Lipinski definition) is 2. The molecule has 1 rings (SSSR count). The van der Waals surface area contributed by atoms with Crippen molar-refractivity contribution in [2.75, 3.05) is 6.54 Å². The SMILES string of the molecule is C#CCCC(NCC)c1ncccc1C. The van der Waals surface area contributed by atoms with Gasteiger partial charge in [-0.05, 0) is 31.5 Å². The van der Waals surface area contributed by atoms with Gasteiger partial charge >= 0.3 is 0 Å². The van der Waals surface area contributed by atoms with Gasteiger partial charge in [-0.15, -0.1) is 12.3 Å². The number of rotatable bonds is 5. The third-order valence-electron chi connectivity index (χ3n) is 2.41. The second-order valence-electron chi connectivity index (χ2n) is 3.56. The maximum atomic E-state index is 5.29. The van der Waals surface area contributed by atoms with Crippen molar-refractivity contribution in [3.63, 3.8) is 0 Å². The molecule has 0 saturated carbocycles. The van der Waals surface area contributed by atoms with Crippen molar-refractivity contribution in [2.45, 2.75) is 32.7 Å². The molecular formula is C13H18N2. The lowest BCUT2D eigenvalue weighted by Crippen LogP contribution is -2.22. The number of aromatic nitrogens is 1. The lowest BCUT2D eigenvalue weighted by atomic mass is 10.0. The minimum Gasteiger partial charge on any atom is -0.309 e. The van der Waals surface area contributed by atoms with Gasteiger partial charge in [0, 0.05) is 12.6 Å². The highest BCUT2D eigenvalue weighted by atomic mass is 14.9. The van der Waals surface area contributed by atoms with E-state index in [0.717, 1.165) is 25.1 Å². The summed E-state index contributed by atoms with van der Waals surface area (Å²) in [5.41, 5.74) is 2.34. The van der Waals surface area contributed by atoms with Gasteiger partial charge in [0.2, 0.25) is 0 Å². The van der Waals surface area contributed by atoms with Crippen LogP contribution in [-0.4, -0.2) is 11.5 Å². The lowest BCUT2D eigenvalue weighted by molar-refractivity contribution is 0.508. The average molecular weight is 202 g/mol. The first-order valence-electron chi connectivity index (χ1n) is 5.38. The molecule has 0 aliphatic heterocycles. The van der Waals surface area contributed by atoms with Crippen molar-refractivity contribution in [3.8, 4) is 12.3 Å². The number of aryl methyl sites for hydroxylation is 1. The van der Waals surface area contributed by atoms with E-state index in [0.29, 0.717) is 0 Å². The first kappa shape index (κ1) is 11.7. The van der Waals surface area contributed by atoms with E-state index in [1.54, 1.807) is 0 Å². The summed E-state index contributed by atoms with van der Waals surface area (Å²) in [6.45, 7) is 5.12. The highest BCUT2D eigenvalue weighted by Crippen LogP contribution is 2.18. The Hall–Kier alpha value is -1.33. The minimum atomic E-state index is 0.284. The Morgan fingerprint density at radius 3 is 3.00 bits per heavy atom. The van der Waals surface area contributed by atoms with Gasteiger partial charge in [-0.1, -0.05) is 13.0 Å². The number of terminal acetylenes is 1. The molecule has 0 bridgehead atoms. The molecule has 0 aromatic carbocycles. The van der Waals surface area contributed by atoms with E-state index in [-0.39, 0.29) is 6.04 Å². The van der Waals surface area contributed by atoms with Crippen molar-refractivity contribution in [3.05, 3.63) is 29.6 Å². The molecule has 1 atom stereocenters. The molecule has 15 heavy (non-hydrogen) atoms. The summed E-state index contributed by atoms with van der Waals surface area (Å²) in [6, 6.07) is 4.33. The number of hydrogen-bond donors (Lipinski definition) is 1. The molecule has 1 aromatic rings. The molecule has 0 radical (unpaired) electrons. The van der Waals surface area contributed by atoms with Crippen LogP contribution in [0.2, 0.25) is 0 Å². The first-order valence-corrected chi connectivity index (χ1v) is 5.38. The van der Waals surface area contributed by atoms with Crippen LogP contribution in [0.5, 0.6) is 0 Å². The van der Waals surface area contributed by atoms with Crippen LogP contribution >= 0.6 is 0 Å². The van der Waals surface area contributed by atoms with Gasteiger partial charge in [0.15, 0.2) is 0 Å². The largest absolute Gasteiger partial charge is 0.309 e. The Morgan fingerprint density at radius 2 is 2.40 bits per heavy atom. The highest BCUT2D eigenvalue weighted by Gasteiger charge is 2.12. The predicted octanol–water partition coefficient (Wildman–Crippen LogP) is 2.45. The first-order chi connectivity index (χ1) is 7.29. The zero-order valence-corrected chi connectivity index (χ0v) is 9.46. The van der Waals surface area contributed by atoms with E-state index in [4.69, 9.17) is 6.42 Å². The Labute approximate surface area is 92.1 Å². The van der Waals surface area contributed by atoms with Crippen LogP contribution in [0.15, 0.2) is 18.3 Å². The van der Waals surface area contributed by atoms with E-state index in [1.165, 1.54) is 5.56 Å². The van der Waals surface area contributed by atoms with E-state index >= 15 is 0 Å². The van der Waals surface area contributed by atoms with Gasteiger partial charge in [0.1, 0.15) is 0 Å². The number of pyridine rings is 1. The molecule has 1 unspecified atom stereocenters. The predicted molar refractivity (Wildman–Crippen MR) is 63.5 cm³/mol. The Bertz CT molecular complexity index is 339. The van der Waals surface area contributed by atoms with Gasteiger partial charge < -0.3 is 5.32 Å². The third-order valence-corrected chi connectivity index (χ3v) is 2.41. The molecule has 80 valence electrons. The zero-order valence-electron chi connectivity index (χ0n) is 9.46. The smallest absolute Gasteiger partial charge is 0.0602 e. The topological polar surface area (TPSA) is 24.9 Å². The summed E-state index contributed by atoms with van der Waals surface area (Å²) in [7, 11) is 0. The molecule has 0 amide bonds. The van der Waals surface area contributed by atoms with Crippen LogP contribution in [0.4, 0.5) is 0 Å². The van der Waals surface area contributed by atoms with Crippen molar-refractivity contribution in [2.24, 2.45) is 0 Å². The number of nitrogens with one attached hydrogen (secondary N) is 1. The van der Waals surface area contributed by atoms with Crippen LogP contribution in [0.3, 0.4) is 0 Å². The summed E-state index contributed by atoms with van der Waals surface area (Å²) >= 11 is 0. The van der Waals surface area contributed by atoms with E-state index < -0.39 is 0 Å². The van der Waals surface area contributed by atoms with Crippen molar-refractivity contribution < 1.29 is 0 Å². The van der Waals surface area contributed by atoms with Crippen LogP contribution in [0, 0.1) is 19.3 Å². The average Bonchev–Trinajstić information content (AvgIpc) is 2.25. The molecule has 0 spiro atoms.